The van der Waals surface area contributed by atoms with Crippen molar-refractivity contribution in [1.29, 1.82) is 0 Å². The molecule has 7 heteroatoms. The number of carboxylic acids is 1. The van der Waals surface area contributed by atoms with Crippen LogP contribution in [0.25, 0.3) is 10.8 Å². The van der Waals surface area contributed by atoms with Crippen molar-refractivity contribution >= 4 is 51.7 Å². The molecule has 2 amide bonds. The maximum Gasteiger partial charge on any atom is 0.336 e. The highest BCUT2D eigenvalue weighted by molar-refractivity contribution is 8.00. The molecule has 4 rings (SSSR count). The van der Waals surface area contributed by atoms with E-state index in [2.05, 4.69) is 17.6 Å². The summed E-state index contributed by atoms with van der Waals surface area (Å²) < 4.78 is 0. The SMILES string of the molecule is CCc1cccc(C)c1NC(=O)C(C)Sc1cccc(NC(=O)c2cccc3cccc(C(=O)O)c23)c1. The van der Waals surface area contributed by atoms with Crippen LogP contribution in [-0.2, 0) is 11.2 Å². The van der Waals surface area contributed by atoms with E-state index in [1.165, 1.54) is 17.8 Å². The van der Waals surface area contributed by atoms with E-state index in [9.17, 15) is 19.5 Å². The number of carboxylic acid groups (broad SMARTS) is 1. The lowest BCUT2D eigenvalue weighted by atomic mass is 9.98. The monoisotopic (exact) mass is 512 g/mol. The van der Waals surface area contributed by atoms with Crippen LogP contribution in [0, 0.1) is 6.92 Å². The highest BCUT2D eigenvalue weighted by atomic mass is 32.2. The molecule has 0 saturated heterocycles. The van der Waals surface area contributed by atoms with E-state index >= 15 is 0 Å². The van der Waals surface area contributed by atoms with Crippen molar-refractivity contribution < 1.29 is 19.5 Å². The molecule has 1 unspecified atom stereocenters. The first-order valence-electron chi connectivity index (χ1n) is 12.0. The molecule has 0 spiro atoms. The molecule has 0 heterocycles. The summed E-state index contributed by atoms with van der Waals surface area (Å²) in [7, 11) is 0. The fourth-order valence-corrected chi connectivity index (χ4v) is 5.16. The van der Waals surface area contributed by atoms with E-state index in [4.69, 9.17) is 0 Å². The molecule has 4 aromatic carbocycles. The molecule has 0 fully saturated rings. The number of para-hydroxylation sites is 1. The van der Waals surface area contributed by atoms with E-state index in [1.54, 1.807) is 42.5 Å². The average molecular weight is 513 g/mol. The van der Waals surface area contributed by atoms with Crippen molar-refractivity contribution in [3.8, 4) is 0 Å². The van der Waals surface area contributed by atoms with E-state index in [0.29, 0.717) is 16.5 Å². The zero-order valence-electron chi connectivity index (χ0n) is 20.9. The first kappa shape index (κ1) is 26.0. The minimum atomic E-state index is -1.09. The Bertz CT molecular complexity index is 1490. The summed E-state index contributed by atoms with van der Waals surface area (Å²) >= 11 is 1.40. The molecule has 0 aromatic heterocycles. The minimum absolute atomic E-state index is 0.0762. The fourth-order valence-electron chi connectivity index (χ4n) is 4.24. The smallest absolute Gasteiger partial charge is 0.336 e. The van der Waals surface area contributed by atoms with E-state index in [0.717, 1.165) is 28.1 Å². The van der Waals surface area contributed by atoms with Gasteiger partial charge in [-0.25, -0.2) is 4.79 Å². The van der Waals surface area contributed by atoms with Crippen LogP contribution in [0.4, 0.5) is 11.4 Å². The topological polar surface area (TPSA) is 95.5 Å². The number of amides is 2. The van der Waals surface area contributed by atoms with Crippen LogP contribution in [0.15, 0.2) is 83.8 Å². The Morgan fingerprint density at radius 2 is 1.57 bits per heavy atom. The number of carbonyl (C=O) groups is 3. The van der Waals surface area contributed by atoms with Gasteiger partial charge in [-0.3, -0.25) is 9.59 Å². The minimum Gasteiger partial charge on any atom is -0.478 e. The van der Waals surface area contributed by atoms with E-state index in [1.807, 2.05) is 44.2 Å². The molecule has 3 N–H and O–H groups in total. The van der Waals surface area contributed by atoms with Gasteiger partial charge in [-0.2, -0.15) is 0 Å². The number of benzene rings is 4. The van der Waals surface area contributed by atoms with Gasteiger partial charge in [0.05, 0.1) is 10.8 Å². The van der Waals surface area contributed by atoms with Gasteiger partial charge in [0, 0.05) is 27.2 Å². The van der Waals surface area contributed by atoms with Gasteiger partial charge in [-0.15, -0.1) is 11.8 Å². The van der Waals surface area contributed by atoms with Crippen LogP contribution < -0.4 is 10.6 Å². The number of aryl methyl sites for hydroxylation is 2. The summed E-state index contributed by atoms with van der Waals surface area (Å²) in [5, 5.41) is 16.3. The summed E-state index contributed by atoms with van der Waals surface area (Å²) in [6.45, 7) is 5.88. The molecule has 0 radical (unpaired) electrons. The number of hydrogen-bond acceptors (Lipinski definition) is 4. The first-order valence-corrected chi connectivity index (χ1v) is 12.9. The highest BCUT2D eigenvalue weighted by Crippen LogP contribution is 2.29. The summed E-state index contributed by atoms with van der Waals surface area (Å²) in [5.74, 6) is -1.59. The number of hydrogen-bond donors (Lipinski definition) is 3. The van der Waals surface area contributed by atoms with Crippen molar-refractivity contribution in [3.05, 3.63) is 101 Å². The quantitative estimate of drug-likeness (QED) is 0.226. The van der Waals surface area contributed by atoms with Crippen molar-refractivity contribution in [1.82, 2.24) is 0 Å². The van der Waals surface area contributed by atoms with Crippen LogP contribution >= 0.6 is 11.8 Å². The molecule has 37 heavy (non-hydrogen) atoms. The number of thioether (sulfide) groups is 1. The molecular formula is C30H28N2O4S. The van der Waals surface area contributed by atoms with E-state index < -0.39 is 11.9 Å². The lowest BCUT2D eigenvalue weighted by Gasteiger charge is -2.17. The normalized spacial score (nSPS) is 11.6. The summed E-state index contributed by atoms with van der Waals surface area (Å²) in [6, 6.07) is 23.3. The van der Waals surface area contributed by atoms with Gasteiger partial charge in [0.2, 0.25) is 5.91 Å². The van der Waals surface area contributed by atoms with Gasteiger partial charge in [0.1, 0.15) is 0 Å². The van der Waals surface area contributed by atoms with Crippen LogP contribution in [0.2, 0.25) is 0 Å². The predicted molar refractivity (Wildman–Crippen MR) is 150 cm³/mol. The lowest BCUT2D eigenvalue weighted by molar-refractivity contribution is -0.115. The third-order valence-electron chi connectivity index (χ3n) is 6.14. The second-order valence-electron chi connectivity index (χ2n) is 8.71. The molecule has 1 atom stereocenters. The molecule has 0 saturated carbocycles. The van der Waals surface area contributed by atoms with Crippen molar-refractivity contribution in [2.75, 3.05) is 10.6 Å². The van der Waals surface area contributed by atoms with Crippen LogP contribution in [0.1, 0.15) is 45.7 Å². The van der Waals surface area contributed by atoms with Crippen molar-refractivity contribution in [2.24, 2.45) is 0 Å². The summed E-state index contributed by atoms with van der Waals surface area (Å²) in [6.07, 6.45) is 0.825. The van der Waals surface area contributed by atoms with Crippen molar-refractivity contribution in [3.63, 3.8) is 0 Å². The second-order valence-corrected chi connectivity index (χ2v) is 10.1. The number of carbonyl (C=O) groups excluding carboxylic acids is 2. The van der Waals surface area contributed by atoms with E-state index in [-0.39, 0.29) is 22.3 Å². The molecule has 4 aromatic rings. The third kappa shape index (κ3) is 5.84. The van der Waals surface area contributed by atoms with Gasteiger partial charge in [0.25, 0.3) is 5.91 Å². The van der Waals surface area contributed by atoms with Crippen LogP contribution in [0.5, 0.6) is 0 Å². The Hall–Kier alpha value is -4.10. The first-order chi connectivity index (χ1) is 17.8. The lowest BCUT2D eigenvalue weighted by Crippen LogP contribution is -2.23. The standard InChI is InChI=1S/C30H28N2O4S/c1-4-20-10-5-9-18(2)27(20)32-28(33)19(3)37-23-14-8-13-22(17-23)31-29(34)24-15-6-11-21-12-7-16-25(26(21)24)30(35)36/h5-17,19H,4H2,1-3H3,(H,31,34)(H,32,33)(H,35,36). The molecule has 6 nitrogen and oxygen atoms in total. The maximum absolute atomic E-state index is 13.2. The van der Waals surface area contributed by atoms with Gasteiger partial charge in [-0.1, -0.05) is 55.5 Å². The number of nitrogens with one attached hydrogen (secondary N) is 2. The van der Waals surface area contributed by atoms with Gasteiger partial charge >= 0.3 is 5.97 Å². The maximum atomic E-state index is 13.2. The molecule has 0 aliphatic carbocycles. The molecule has 0 aliphatic heterocycles. The Morgan fingerprint density at radius 1 is 0.892 bits per heavy atom. The van der Waals surface area contributed by atoms with Gasteiger partial charge < -0.3 is 15.7 Å². The summed E-state index contributed by atoms with van der Waals surface area (Å²) in [4.78, 5) is 38.7. The Labute approximate surface area is 220 Å². The third-order valence-corrected chi connectivity index (χ3v) is 7.24. The number of fused-ring (bicyclic) bond motifs is 1. The number of rotatable bonds is 8. The average Bonchev–Trinajstić information content (AvgIpc) is 2.89. The Kier molecular flexibility index (Phi) is 7.94. The van der Waals surface area contributed by atoms with Gasteiger partial charge in [0.15, 0.2) is 0 Å². The van der Waals surface area contributed by atoms with Crippen LogP contribution in [0.3, 0.4) is 0 Å². The summed E-state index contributed by atoms with van der Waals surface area (Å²) in [5.41, 5.74) is 3.89. The molecule has 0 aliphatic rings. The molecule has 188 valence electrons. The van der Waals surface area contributed by atoms with Gasteiger partial charge in [-0.05, 0) is 67.1 Å². The highest BCUT2D eigenvalue weighted by Gasteiger charge is 2.19. The second kappa shape index (κ2) is 11.3. The number of aromatic carboxylic acids is 1. The van der Waals surface area contributed by atoms with Crippen LogP contribution in [-0.4, -0.2) is 28.1 Å². The molecular weight excluding hydrogens is 484 g/mol. The zero-order valence-corrected chi connectivity index (χ0v) is 21.7. The largest absolute Gasteiger partial charge is 0.478 e. The zero-order chi connectivity index (χ0) is 26.5. The fraction of sp³-hybridized carbons (Fsp3) is 0.167. The Balaban J connectivity index is 1.50. The Morgan fingerprint density at radius 3 is 2.27 bits per heavy atom. The molecule has 0 bridgehead atoms. The van der Waals surface area contributed by atoms with Crippen molar-refractivity contribution in [2.45, 2.75) is 37.3 Å². The predicted octanol–water partition coefficient (Wildman–Crippen LogP) is 6.78. The number of anilines is 2.